The van der Waals surface area contributed by atoms with E-state index < -0.39 is 0 Å². The average molecular weight is 390 g/mol. The second-order valence-electron chi connectivity index (χ2n) is 5.97. The third-order valence-corrected chi connectivity index (χ3v) is 4.84. The van der Waals surface area contributed by atoms with Crippen LogP contribution in [0.3, 0.4) is 0 Å². The van der Waals surface area contributed by atoms with Crippen LogP contribution < -0.4 is 0 Å². The van der Waals surface area contributed by atoms with Gasteiger partial charge in [0.2, 0.25) is 0 Å². The molecule has 2 aromatic carbocycles. The minimum Gasteiger partial charge on any atom is -0.251 e. The quantitative estimate of drug-likeness (QED) is 0.473. The van der Waals surface area contributed by atoms with Gasteiger partial charge in [-0.05, 0) is 51.2 Å². The molecule has 0 radical (unpaired) electrons. The van der Waals surface area contributed by atoms with E-state index in [0.717, 1.165) is 27.6 Å². The molecule has 122 valence electrons. The SMILES string of the molecule is Cc1c(Cc2ncnc3cc(Br)cnc23)cccc1-c1ccccc1. The van der Waals surface area contributed by atoms with Crippen molar-refractivity contribution in [3.05, 3.63) is 88.4 Å². The van der Waals surface area contributed by atoms with Crippen molar-refractivity contribution in [2.75, 3.05) is 0 Å². The lowest BCUT2D eigenvalue weighted by atomic mass is 9.94. The Balaban J connectivity index is 1.77. The van der Waals surface area contributed by atoms with Gasteiger partial charge in [-0.1, -0.05) is 48.5 Å². The van der Waals surface area contributed by atoms with E-state index in [1.165, 1.54) is 22.3 Å². The van der Waals surface area contributed by atoms with Crippen LogP contribution in [0.1, 0.15) is 16.8 Å². The number of benzene rings is 2. The highest BCUT2D eigenvalue weighted by atomic mass is 79.9. The van der Waals surface area contributed by atoms with Gasteiger partial charge in [0, 0.05) is 17.1 Å². The molecule has 2 aromatic heterocycles. The Morgan fingerprint density at radius 2 is 1.76 bits per heavy atom. The summed E-state index contributed by atoms with van der Waals surface area (Å²) < 4.78 is 0.923. The van der Waals surface area contributed by atoms with Crippen LogP contribution in [0.15, 0.2) is 71.6 Å². The first kappa shape index (κ1) is 15.9. The van der Waals surface area contributed by atoms with Gasteiger partial charge in [0.25, 0.3) is 0 Å². The van der Waals surface area contributed by atoms with E-state index in [9.17, 15) is 0 Å². The number of aromatic nitrogens is 3. The lowest BCUT2D eigenvalue weighted by molar-refractivity contribution is 1.04. The molecule has 2 heterocycles. The monoisotopic (exact) mass is 389 g/mol. The molecular formula is C21H16BrN3. The van der Waals surface area contributed by atoms with Crippen LogP contribution >= 0.6 is 15.9 Å². The largest absolute Gasteiger partial charge is 0.251 e. The fraction of sp³-hybridized carbons (Fsp3) is 0.0952. The summed E-state index contributed by atoms with van der Waals surface area (Å²) in [6.45, 7) is 2.17. The van der Waals surface area contributed by atoms with Gasteiger partial charge in [-0.2, -0.15) is 0 Å². The first-order valence-electron chi connectivity index (χ1n) is 8.11. The molecule has 0 amide bonds. The molecule has 0 saturated carbocycles. The van der Waals surface area contributed by atoms with Crippen LogP contribution in [-0.4, -0.2) is 15.0 Å². The van der Waals surface area contributed by atoms with Crippen molar-refractivity contribution in [2.45, 2.75) is 13.3 Å². The molecule has 3 nitrogen and oxygen atoms in total. The number of rotatable bonds is 3. The molecule has 4 heteroatoms. The molecule has 0 aliphatic rings. The van der Waals surface area contributed by atoms with Crippen LogP contribution in [0.4, 0.5) is 0 Å². The zero-order valence-electron chi connectivity index (χ0n) is 13.8. The highest BCUT2D eigenvalue weighted by Crippen LogP contribution is 2.27. The Hall–Kier alpha value is -2.59. The Morgan fingerprint density at radius 1 is 0.920 bits per heavy atom. The van der Waals surface area contributed by atoms with E-state index in [2.05, 4.69) is 80.3 Å². The third-order valence-electron chi connectivity index (χ3n) is 4.41. The minimum atomic E-state index is 0.736. The van der Waals surface area contributed by atoms with Crippen molar-refractivity contribution in [3.8, 4) is 11.1 Å². The van der Waals surface area contributed by atoms with Gasteiger partial charge in [-0.25, -0.2) is 9.97 Å². The Morgan fingerprint density at radius 3 is 2.60 bits per heavy atom. The van der Waals surface area contributed by atoms with Gasteiger partial charge in [-0.15, -0.1) is 0 Å². The molecule has 4 rings (SSSR count). The molecule has 0 aliphatic heterocycles. The standard InChI is InChI=1S/C21H16BrN3/c1-14-16(8-5-9-18(14)15-6-3-2-4-7-15)10-19-21-20(25-13-24-19)11-17(22)12-23-21/h2-9,11-13H,10H2,1H3. The Kier molecular flexibility index (Phi) is 4.28. The average Bonchev–Trinajstić information content (AvgIpc) is 2.64. The highest BCUT2D eigenvalue weighted by Gasteiger charge is 2.11. The van der Waals surface area contributed by atoms with E-state index in [0.29, 0.717) is 0 Å². The van der Waals surface area contributed by atoms with E-state index in [4.69, 9.17) is 0 Å². The number of fused-ring (bicyclic) bond motifs is 1. The molecule has 0 saturated heterocycles. The van der Waals surface area contributed by atoms with Gasteiger partial charge in [0.1, 0.15) is 11.8 Å². The van der Waals surface area contributed by atoms with Crippen molar-refractivity contribution >= 4 is 27.0 Å². The van der Waals surface area contributed by atoms with Crippen molar-refractivity contribution in [2.24, 2.45) is 0 Å². The van der Waals surface area contributed by atoms with Gasteiger partial charge in [-0.3, -0.25) is 4.98 Å². The molecule has 0 bridgehead atoms. The maximum atomic E-state index is 4.52. The van der Waals surface area contributed by atoms with Gasteiger partial charge < -0.3 is 0 Å². The molecule has 0 aliphatic carbocycles. The van der Waals surface area contributed by atoms with E-state index >= 15 is 0 Å². The maximum absolute atomic E-state index is 4.52. The van der Waals surface area contributed by atoms with Crippen LogP contribution in [-0.2, 0) is 6.42 Å². The van der Waals surface area contributed by atoms with Gasteiger partial charge >= 0.3 is 0 Å². The molecule has 0 N–H and O–H groups in total. The molecule has 0 spiro atoms. The Bertz CT molecular complexity index is 1050. The van der Waals surface area contributed by atoms with E-state index in [1.54, 1.807) is 12.5 Å². The van der Waals surface area contributed by atoms with Gasteiger partial charge in [0.15, 0.2) is 0 Å². The number of nitrogens with zero attached hydrogens (tertiary/aromatic N) is 3. The van der Waals surface area contributed by atoms with Crippen LogP contribution in [0, 0.1) is 6.92 Å². The maximum Gasteiger partial charge on any atom is 0.116 e. The number of halogens is 1. The summed E-state index contributed by atoms with van der Waals surface area (Å²) >= 11 is 3.45. The van der Waals surface area contributed by atoms with Crippen LogP contribution in [0.25, 0.3) is 22.2 Å². The van der Waals surface area contributed by atoms with Crippen molar-refractivity contribution in [1.82, 2.24) is 15.0 Å². The van der Waals surface area contributed by atoms with Crippen molar-refractivity contribution in [1.29, 1.82) is 0 Å². The number of hydrogen-bond donors (Lipinski definition) is 0. The normalized spacial score (nSPS) is 11.0. The molecule has 25 heavy (non-hydrogen) atoms. The molecule has 0 unspecified atom stereocenters. The number of hydrogen-bond acceptors (Lipinski definition) is 3. The minimum absolute atomic E-state index is 0.736. The number of pyridine rings is 1. The fourth-order valence-electron chi connectivity index (χ4n) is 3.09. The summed E-state index contributed by atoms with van der Waals surface area (Å²) in [6, 6.07) is 18.9. The summed E-state index contributed by atoms with van der Waals surface area (Å²) in [5.74, 6) is 0. The molecule has 0 atom stereocenters. The zero-order valence-corrected chi connectivity index (χ0v) is 15.4. The predicted molar refractivity (Wildman–Crippen MR) is 104 cm³/mol. The first-order chi connectivity index (χ1) is 12.2. The second-order valence-corrected chi connectivity index (χ2v) is 6.89. The summed E-state index contributed by atoms with van der Waals surface area (Å²) in [7, 11) is 0. The van der Waals surface area contributed by atoms with Crippen LogP contribution in [0.2, 0.25) is 0 Å². The summed E-state index contributed by atoms with van der Waals surface area (Å²) in [4.78, 5) is 13.3. The van der Waals surface area contributed by atoms with Crippen molar-refractivity contribution in [3.63, 3.8) is 0 Å². The lowest BCUT2D eigenvalue weighted by Gasteiger charge is -2.12. The Labute approximate surface area is 154 Å². The summed E-state index contributed by atoms with van der Waals surface area (Å²) in [5.41, 5.74) is 7.68. The smallest absolute Gasteiger partial charge is 0.116 e. The zero-order chi connectivity index (χ0) is 17.2. The first-order valence-corrected chi connectivity index (χ1v) is 8.91. The van der Waals surface area contributed by atoms with Crippen molar-refractivity contribution < 1.29 is 0 Å². The van der Waals surface area contributed by atoms with Crippen LogP contribution in [0.5, 0.6) is 0 Å². The fourth-order valence-corrected chi connectivity index (χ4v) is 3.41. The van der Waals surface area contributed by atoms with E-state index in [1.807, 2.05) is 12.1 Å². The van der Waals surface area contributed by atoms with Gasteiger partial charge in [0.05, 0.1) is 11.2 Å². The lowest BCUT2D eigenvalue weighted by Crippen LogP contribution is -2.00. The second kappa shape index (κ2) is 6.73. The third kappa shape index (κ3) is 3.17. The summed E-state index contributed by atoms with van der Waals surface area (Å²) in [6.07, 6.45) is 4.14. The molecular weight excluding hydrogens is 374 g/mol. The summed E-state index contributed by atoms with van der Waals surface area (Å²) in [5, 5.41) is 0. The molecule has 0 fully saturated rings. The topological polar surface area (TPSA) is 38.7 Å². The van der Waals surface area contributed by atoms with E-state index in [-0.39, 0.29) is 0 Å². The predicted octanol–water partition coefficient (Wildman–Crippen LogP) is 5.35. The molecule has 4 aromatic rings. The highest BCUT2D eigenvalue weighted by molar-refractivity contribution is 9.10.